The molecule has 2 nitrogen and oxygen atoms in total. The van der Waals surface area contributed by atoms with Gasteiger partial charge in [0, 0.05) is 19.1 Å². The zero-order valence-electron chi connectivity index (χ0n) is 11.3. The fraction of sp³-hybridized carbons (Fsp3) is 0.600. The van der Waals surface area contributed by atoms with Gasteiger partial charge in [0.2, 0.25) is 0 Å². The SMILES string of the molecule is CCNC1CC(c2cccc(F)c2)CN(CC)C1. The van der Waals surface area contributed by atoms with E-state index in [2.05, 4.69) is 30.1 Å². The zero-order valence-corrected chi connectivity index (χ0v) is 11.3. The van der Waals surface area contributed by atoms with Crippen LogP contribution in [0.3, 0.4) is 0 Å². The van der Waals surface area contributed by atoms with Crippen molar-refractivity contribution in [3.8, 4) is 0 Å². The van der Waals surface area contributed by atoms with Gasteiger partial charge in [-0.1, -0.05) is 26.0 Å². The molecule has 0 radical (unpaired) electrons. The van der Waals surface area contributed by atoms with Crippen molar-refractivity contribution in [1.82, 2.24) is 10.2 Å². The van der Waals surface area contributed by atoms with Crippen molar-refractivity contribution in [2.75, 3.05) is 26.2 Å². The average molecular weight is 250 g/mol. The summed E-state index contributed by atoms with van der Waals surface area (Å²) in [5.41, 5.74) is 1.14. The van der Waals surface area contributed by atoms with E-state index < -0.39 is 0 Å². The van der Waals surface area contributed by atoms with Crippen molar-refractivity contribution in [2.24, 2.45) is 0 Å². The minimum Gasteiger partial charge on any atom is -0.313 e. The predicted molar refractivity (Wildman–Crippen MR) is 73.3 cm³/mol. The van der Waals surface area contributed by atoms with Crippen molar-refractivity contribution in [2.45, 2.75) is 32.2 Å². The Morgan fingerprint density at radius 1 is 1.33 bits per heavy atom. The first-order chi connectivity index (χ1) is 8.72. The molecule has 0 bridgehead atoms. The zero-order chi connectivity index (χ0) is 13.0. The maximum atomic E-state index is 13.3. The van der Waals surface area contributed by atoms with E-state index in [1.165, 1.54) is 6.07 Å². The fourth-order valence-electron chi connectivity index (χ4n) is 2.89. The van der Waals surface area contributed by atoms with E-state index in [9.17, 15) is 4.39 Å². The summed E-state index contributed by atoms with van der Waals surface area (Å²) < 4.78 is 13.3. The van der Waals surface area contributed by atoms with Crippen LogP contribution in [0.4, 0.5) is 4.39 Å². The average Bonchev–Trinajstić information content (AvgIpc) is 2.39. The van der Waals surface area contributed by atoms with Crippen LogP contribution in [0.5, 0.6) is 0 Å². The van der Waals surface area contributed by atoms with Gasteiger partial charge in [0.15, 0.2) is 0 Å². The molecule has 0 aromatic heterocycles. The van der Waals surface area contributed by atoms with Gasteiger partial charge in [-0.05, 0) is 43.1 Å². The van der Waals surface area contributed by atoms with E-state index in [0.29, 0.717) is 12.0 Å². The Kier molecular flexibility index (Phi) is 4.72. The normalized spacial score (nSPS) is 25.3. The lowest BCUT2D eigenvalue weighted by Crippen LogP contribution is -2.48. The number of nitrogens with zero attached hydrogens (tertiary/aromatic N) is 1. The standard InChI is InChI=1S/C15H23FN2/c1-3-17-15-9-13(10-18(4-2)11-15)12-6-5-7-14(16)8-12/h5-8,13,15,17H,3-4,9-11H2,1-2H3. The molecule has 1 aromatic rings. The molecular weight excluding hydrogens is 227 g/mol. The van der Waals surface area contributed by atoms with E-state index >= 15 is 0 Å². The lowest BCUT2D eigenvalue weighted by Gasteiger charge is -2.38. The summed E-state index contributed by atoms with van der Waals surface area (Å²) in [7, 11) is 0. The molecule has 0 spiro atoms. The van der Waals surface area contributed by atoms with Gasteiger partial charge in [-0.2, -0.15) is 0 Å². The number of hydrogen-bond acceptors (Lipinski definition) is 2. The Balaban J connectivity index is 2.11. The molecule has 18 heavy (non-hydrogen) atoms. The summed E-state index contributed by atoms with van der Waals surface area (Å²) in [6.07, 6.45) is 1.10. The number of likely N-dealkylation sites (N-methyl/N-ethyl adjacent to an activating group) is 2. The minimum atomic E-state index is -0.124. The van der Waals surface area contributed by atoms with Gasteiger partial charge in [0.25, 0.3) is 0 Å². The van der Waals surface area contributed by atoms with Crippen LogP contribution in [0, 0.1) is 5.82 Å². The summed E-state index contributed by atoms with van der Waals surface area (Å²) >= 11 is 0. The lowest BCUT2D eigenvalue weighted by molar-refractivity contribution is 0.180. The number of nitrogens with one attached hydrogen (secondary N) is 1. The molecule has 1 saturated heterocycles. The third kappa shape index (κ3) is 3.30. The van der Waals surface area contributed by atoms with Crippen LogP contribution in [-0.2, 0) is 0 Å². The van der Waals surface area contributed by atoms with Gasteiger partial charge < -0.3 is 10.2 Å². The van der Waals surface area contributed by atoms with E-state index in [0.717, 1.165) is 38.2 Å². The summed E-state index contributed by atoms with van der Waals surface area (Å²) in [5, 5.41) is 3.53. The van der Waals surface area contributed by atoms with Crippen molar-refractivity contribution in [3.63, 3.8) is 0 Å². The quantitative estimate of drug-likeness (QED) is 0.883. The molecule has 3 heteroatoms. The van der Waals surface area contributed by atoms with Crippen LogP contribution in [0.15, 0.2) is 24.3 Å². The van der Waals surface area contributed by atoms with Crippen molar-refractivity contribution in [3.05, 3.63) is 35.6 Å². The Morgan fingerprint density at radius 3 is 2.83 bits per heavy atom. The first-order valence-corrected chi connectivity index (χ1v) is 6.94. The second-order valence-electron chi connectivity index (χ2n) is 5.09. The topological polar surface area (TPSA) is 15.3 Å². The second kappa shape index (κ2) is 6.30. The summed E-state index contributed by atoms with van der Waals surface area (Å²) in [4.78, 5) is 2.45. The van der Waals surface area contributed by atoms with Crippen LogP contribution in [0.25, 0.3) is 0 Å². The molecule has 1 aromatic carbocycles. The molecule has 1 heterocycles. The van der Waals surface area contributed by atoms with Crippen molar-refractivity contribution < 1.29 is 4.39 Å². The molecule has 1 fully saturated rings. The highest BCUT2D eigenvalue weighted by Crippen LogP contribution is 2.27. The maximum absolute atomic E-state index is 13.3. The van der Waals surface area contributed by atoms with Gasteiger partial charge in [-0.25, -0.2) is 4.39 Å². The number of halogens is 1. The Bertz CT molecular complexity index is 381. The first kappa shape index (κ1) is 13.5. The molecule has 1 aliphatic heterocycles. The van der Waals surface area contributed by atoms with Crippen molar-refractivity contribution >= 4 is 0 Å². The van der Waals surface area contributed by atoms with Crippen LogP contribution in [-0.4, -0.2) is 37.1 Å². The smallest absolute Gasteiger partial charge is 0.123 e. The summed E-state index contributed by atoms with van der Waals surface area (Å²) in [5.74, 6) is 0.319. The van der Waals surface area contributed by atoms with Crippen molar-refractivity contribution in [1.29, 1.82) is 0 Å². The number of rotatable bonds is 4. The third-order valence-electron chi connectivity index (χ3n) is 3.79. The molecule has 2 unspecified atom stereocenters. The summed E-state index contributed by atoms with van der Waals surface area (Å²) in [6, 6.07) is 7.60. The lowest BCUT2D eigenvalue weighted by atomic mass is 9.88. The van der Waals surface area contributed by atoms with E-state index in [1.807, 2.05) is 6.07 Å². The number of likely N-dealkylation sites (tertiary alicyclic amines) is 1. The van der Waals surface area contributed by atoms with Crippen LogP contribution >= 0.6 is 0 Å². The molecule has 100 valence electrons. The van der Waals surface area contributed by atoms with Gasteiger partial charge in [0.05, 0.1) is 0 Å². The molecular formula is C15H23FN2. The molecule has 1 N–H and O–H groups in total. The Hall–Kier alpha value is -0.930. The molecule has 0 saturated carbocycles. The highest BCUT2D eigenvalue weighted by atomic mass is 19.1. The largest absolute Gasteiger partial charge is 0.313 e. The molecule has 1 aliphatic rings. The molecule has 0 amide bonds. The second-order valence-corrected chi connectivity index (χ2v) is 5.09. The van der Waals surface area contributed by atoms with E-state index in [1.54, 1.807) is 6.07 Å². The third-order valence-corrected chi connectivity index (χ3v) is 3.79. The highest BCUT2D eigenvalue weighted by molar-refractivity contribution is 5.22. The van der Waals surface area contributed by atoms with E-state index in [-0.39, 0.29) is 5.82 Å². The predicted octanol–water partition coefficient (Wildman–Crippen LogP) is 2.61. The van der Waals surface area contributed by atoms with Gasteiger partial charge in [-0.3, -0.25) is 0 Å². The monoisotopic (exact) mass is 250 g/mol. The van der Waals surface area contributed by atoms with Gasteiger partial charge in [-0.15, -0.1) is 0 Å². The maximum Gasteiger partial charge on any atom is 0.123 e. The minimum absolute atomic E-state index is 0.124. The number of hydrogen-bond donors (Lipinski definition) is 1. The Morgan fingerprint density at radius 2 is 2.17 bits per heavy atom. The fourth-order valence-corrected chi connectivity index (χ4v) is 2.89. The van der Waals surface area contributed by atoms with Gasteiger partial charge >= 0.3 is 0 Å². The number of benzene rings is 1. The molecule has 2 atom stereocenters. The first-order valence-electron chi connectivity index (χ1n) is 6.94. The number of piperidine rings is 1. The highest BCUT2D eigenvalue weighted by Gasteiger charge is 2.26. The van der Waals surface area contributed by atoms with Crippen LogP contribution in [0.2, 0.25) is 0 Å². The van der Waals surface area contributed by atoms with Gasteiger partial charge in [0.1, 0.15) is 5.82 Å². The van der Waals surface area contributed by atoms with Crippen LogP contribution in [0.1, 0.15) is 31.7 Å². The van der Waals surface area contributed by atoms with E-state index in [4.69, 9.17) is 0 Å². The molecule has 2 rings (SSSR count). The molecule has 0 aliphatic carbocycles. The Labute approximate surface area is 109 Å². The summed E-state index contributed by atoms with van der Waals surface area (Å²) in [6.45, 7) is 8.54. The van der Waals surface area contributed by atoms with Crippen LogP contribution < -0.4 is 5.32 Å².